The molecule has 1 unspecified atom stereocenters. The number of piperidine rings is 1. The molecule has 1 aliphatic heterocycles. The molecular weight excluding hydrogens is 428 g/mol. The Morgan fingerprint density at radius 1 is 1.31 bits per heavy atom. The Morgan fingerprint density at radius 2 is 2.09 bits per heavy atom. The first kappa shape index (κ1) is 24.1. The Labute approximate surface area is 194 Å². The van der Waals surface area contributed by atoms with Gasteiger partial charge in [0.1, 0.15) is 5.75 Å². The summed E-state index contributed by atoms with van der Waals surface area (Å²) in [6.07, 6.45) is 1.01. The van der Waals surface area contributed by atoms with Crippen molar-refractivity contribution >= 4 is 34.2 Å². The summed E-state index contributed by atoms with van der Waals surface area (Å²) in [7, 11) is 1.55. The Kier molecular flexibility index (Phi) is 8.15. The minimum atomic E-state index is -1.07. The number of carbonyl (C=O) groups excluding carboxylic acids is 2. The van der Waals surface area contributed by atoms with Crippen LogP contribution in [0.15, 0.2) is 42.5 Å². The first-order valence-electron chi connectivity index (χ1n) is 10.9. The molecule has 0 saturated carbocycles. The van der Waals surface area contributed by atoms with E-state index in [9.17, 15) is 9.59 Å². The van der Waals surface area contributed by atoms with Crippen molar-refractivity contribution in [3.63, 3.8) is 0 Å². The first-order chi connectivity index (χ1) is 15.3. The third-order valence-corrected chi connectivity index (χ3v) is 6.09. The number of rotatable bonds is 8. The molecule has 172 valence electrons. The number of likely N-dealkylation sites (tertiary alicyclic amines) is 1. The number of hydrogen-bond acceptors (Lipinski definition) is 5. The molecule has 0 aromatic heterocycles. The minimum Gasteiger partial charge on any atom is -0.497 e. The quantitative estimate of drug-likeness (QED) is 0.367. The average molecular weight is 459 g/mol. The summed E-state index contributed by atoms with van der Waals surface area (Å²) in [5.74, 6) is -0.425. The average Bonchev–Trinajstić information content (AvgIpc) is 2.76. The monoisotopic (exact) mass is 458 g/mol. The highest BCUT2D eigenvalue weighted by Crippen LogP contribution is 2.29. The standard InChI is InChI=1S/C25H31ClN2O4/c1-16(2)23(24(29)27-10-12-28-11-6-8-18(26)15-28)32-25(30)22-14-19(31-4)13-21-17(3)7-5-9-20(21)22/h5,7,9,13-14,18,23H,1,6,8,10-12,15H2,2-4H3,(H,27,29)/t18?,23-/m0/s1. The van der Waals surface area contributed by atoms with Gasteiger partial charge in [0, 0.05) is 25.0 Å². The zero-order chi connectivity index (χ0) is 23.3. The molecule has 1 saturated heterocycles. The molecule has 0 radical (unpaired) electrons. The maximum absolute atomic E-state index is 13.1. The van der Waals surface area contributed by atoms with Crippen molar-refractivity contribution in [2.45, 2.75) is 38.2 Å². The molecule has 6 nitrogen and oxygen atoms in total. The number of fused-ring (bicyclic) bond motifs is 1. The summed E-state index contributed by atoms with van der Waals surface area (Å²) in [4.78, 5) is 28.1. The van der Waals surface area contributed by atoms with Crippen LogP contribution in [-0.2, 0) is 9.53 Å². The lowest BCUT2D eigenvalue weighted by Crippen LogP contribution is -2.44. The van der Waals surface area contributed by atoms with Crippen LogP contribution in [0.1, 0.15) is 35.7 Å². The SMILES string of the molecule is C=C(C)[C@H](OC(=O)c1cc(OC)cc2c(C)cccc12)C(=O)NCCN1CCCC(Cl)C1. The highest BCUT2D eigenvalue weighted by atomic mass is 35.5. The van der Waals surface area contributed by atoms with E-state index in [2.05, 4.69) is 16.8 Å². The van der Waals surface area contributed by atoms with Crippen LogP contribution in [0.25, 0.3) is 10.8 Å². The summed E-state index contributed by atoms with van der Waals surface area (Å²) < 4.78 is 11.0. The van der Waals surface area contributed by atoms with Crippen molar-refractivity contribution in [3.8, 4) is 5.75 Å². The predicted molar refractivity (Wildman–Crippen MR) is 128 cm³/mol. The van der Waals surface area contributed by atoms with E-state index in [1.807, 2.05) is 31.2 Å². The van der Waals surface area contributed by atoms with Gasteiger partial charge in [0.15, 0.2) is 0 Å². The van der Waals surface area contributed by atoms with E-state index in [-0.39, 0.29) is 11.3 Å². The van der Waals surface area contributed by atoms with Crippen molar-refractivity contribution in [2.75, 3.05) is 33.3 Å². The summed E-state index contributed by atoms with van der Waals surface area (Å²) in [5.41, 5.74) is 1.82. The molecule has 2 aromatic rings. The zero-order valence-corrected chi connectivity index (χ0v) is 19.7. The number of carbonyl (C=O) groups is 2. The van der Waals surface area contributed by atoms with Gasteiger partial charge in [0.2, 0.25) is 6.10 Å². The number of methoxy groups -OCH3 is 1. The van der Waals surface area contributed by atoms with Crippen LogP contribution in [0.5, 0.6) is 5.75 Å². The van der Waals surface area contributed by atoms with Gasteiger partial charge in [-0.2, -0.15) is 0 Å². The molecular formula is C25H31ClN2O4. The van der Waals surface area contributed by atoms with Crippen LogP contribution in [0.4, 0.5) is 0 Å². The zero-order valence-electron chi connectivity index (χ0n) is 18.9. The minimum absolute atomic E-state index is 0.157. The predicted octanol–water partition coefficient (Wildman–Crippen LogP) is 4.08. The van der Waals surface area contributed by atoms with Gasteiger partial charge >= 0.3 is 5.97 Å². The number of esters is 1. The van der Waals surface area contributed by atoms with Gasteiger partial charge in [-0.15, -0.1) is 11.6 Å². The molecule has 0 spiro atoms. The number of hydrogen-bond donors (Lipinski definition) is 1. The number of ether oxygens (including phenoxy) is 2. The molecule has 2 aromatic carbocycles. The van der Waals surface area contributed by atoms with Crippen molar-refractivity contribution in [1.29, 1.82) is 0 Å². The van der Waals surface area contributed by atoms with Crippen molar-refractivity contribution in [3.05, 3.63) is 53.6 Å². The molecule has 1 aliphatic rings. The molecule has 1 heterocycles. The Balaban J connectivity index is 1.70. The highest BCUT2D eigenvalue weighted by Gasteiger charge is 2.26. The van der Waals surface area contributed by atoms with E-state index >= 15 is 0 Å². The number of alkyl halides is 1. The molecule has 1 amide bonds. The van der Waals surface area contributed by atoms with Gasteiger partial charge in [-0.3, -0.25) is 4.79 Å². The summed E-state index contributed by atoms with van der Waals surface area (Å²) in [6.45, 7) is 10.4. The van der Waals surface area contributed by atoms with E-state index in [0.717, 1.165) is 42.3 Å². The Bertz CT molecular complexity index is 1010. The fraction of sp³-hybridized carbons (Fsp3) is 0.440. The molecule has 1 N–H and O–H groups in total. The van der Waals surface area contributed by atoms with E-state index in [4.69, 9.17) is 21.1 Å². The Morgan fingerprint density at radius 3 is 2.78 bits per heavy atom. The number of halogens is 1. The maximum atomic E-state index is 13.1. The summed E-state index contributed by atoms with van der Waals surface area (Å²) in [5, 5.41) is 4.67. The number of nitrogens with zero attached hydrogens (tertiary/aromatic N) is 1. The van der Waals surface area contributed by atoms with Crippen molar-refractivity contribution < 1.29 is 19.1 Å². The molecule has 0 bridgehead atoms. The summed E-state index contributed by atoms with van der Waals surface area (Å²) >= 11 is 6.23. The van der Waals surface area contributed by atoms with Gasteiger partial charge in [0.25, 0.3) is 5.91 Å². The third kappa shape index (κ3) is 5.81. The van der Waals surface area contributed by atoms with E-state index in [0.29, 0.717) is 30.0 Å². The van der Waals surface area contributed by atoms with Crippen LogP contribution in [-0.4, -0.2) is 61.5 Å². The number of benzene rings is 2. The van der Waals surface area contributed by atoms with Crippen LogP contribution in [0.2, 0.25) is 0 Å². The maximum Gasteiger partial charge on any atom is 0.340 e. The number of nitrogens with one attached hydrogen (secondary N) is 1. The molecule has 2 atom stereocenters. The molecule has 1 fully saturated rings. The second-order valence-corrected chi connectivity index (χ2v) is 8.93. The molecule has 0 aliphatic carbocycles. The van der Waals surface area contributed by atoms with Crippen LogP contribution < -0.4 is 10.1 Å². The van der Waals surface area contributed by atoms with Crippen LogP contribution in [0.3, 0.4) is 0 Å². The highest BCUT2D eigenvalue weighted by molar-refractivity contribution is 6.20. The smallest absolute Gasteiger partial charge is 0.340 e. The third-order valence-electron chi connectivity index (χ3n) is 5.73. The van der Waals surface area contributed by atoms with Gasteiger partial charge in [-0.05, 0) is 67.3 Å². The number of aryl methyl sites for hydroxylation is 1. The second-order valence-electron chi connectivity index (χ2n) is 8.31. The fourth-order valence-corrected chi connectivity index (χ4v) is 4.33. The molecule has 32 heavy (non-hydrogen) atoms. The summed E-state index contributed by atoms with van der Waals surface area (Å²) in [6, 6.07) is 9.23. The first-order valence-corrected chi connectivity index (χ1v) is 11.3. The lowest BCUT2D eigenvalue weighted by atomic mass is 10.00. The number of amides is 1. The fourth-order valence-electron chi connectivity index (χ4n) is 3.98. The van der Waals surface area contributed by atoms with Gasteiger partial charge in [-0.25, -0.2) is 4.79 Å². The topological polar surface area (TPSA) is 67.9 Å². The van der Waals surface area contributed by atoms with Gasteiger partial charge < -0.3 is 19.7 Å². The van der Waals surface area contributed by atoms with E-state index in [1.54, 1.807) is 20.1 Å². The second kappa shape index (κ2) is 10.8. The van der Waals surface area contributed by atoms with Crippen LogP contribution in [0, 0.1) is 6.92 Å². The lowest BCUT2D eigenvalue weighted by molar-refractivity contribution is -0.128. The van der Waals surface area contributed by atoms with Crippen molar-refractivity contribution in [2.24, 2.45) is 0 Å². The van der Waals surface area contributed by atoms with E-state index < -0.39 is 12.1 Å². The largest absolute Gasteiger partial charge is 0.497 e. The van der Waals surface area contributed by atoms with Crippen LogP contribution >= 0.6 is 11.6 Å². The lowest BCUT2D eigenvalue weighted by Gasteiger charge is -2.29. The van der Waals surface area contributed by atoms with E-state index in [1.165, 1.54) is 0 Å². The normalized spacial score (nSPS) is 17.6. The van der Waals surface area contributed by atoms with Gasteiger partial charge in [-0.1, -0.05) is 24.8 Å². The molecule has 7 heteroatoms. The van der Waals surface area contributed by atoms with Crippen molar-refractivity contribution in [1.82, 2.24) is 10.2 Å². The van der Waals surface area contributed by atoms with Gasteiger partial charge in [0.05, 0.1) is 12.7 Å². The Hall–Kier alpha value is -2.57. The molecule has 3 rings (SSSR count).